The Morgan fingerprint density at radius 1 is 1.89 bits per heavy atom. The van der Waals surface area contributed by atoms with E-state index in [0.717, 1.165) is 4.57 Å². The van der Waals surface area contributed by atoms with Gasteiger partial charge in [0, 0.05) is 7.05 Å². The molecule has 0 aliphatic carbocycles. The van der Waals surface area contributed by atoms with Crippen molar-refractivity contribution in [3.05, 3.63) is 16.3 Å². The summed E-state index contributed by atoms with van der Waals surface area (Å²) in [5.41, 5.74) is -0.369. The standard InChI is InChI=1S/C4H4N4O/c1-8-3(2-5)6-7-4(8)9/h1H3,(H,7,9). The molecule has 5 heteroatoms. The fraction of sp³-hybridized carbons (Fsp3) is 0.250. The van der Waals surface area contributed by atoms with Gasteiger partial charge in [0.1, 0.15) is 6.07 Å². The fourth-order valence-electron chi connectivity index (χ4n) is 0.447. The fourth-order valence-corrected chi connectivity index (χ4v) is 0.447. The lowest BCUT2D eigenvalue weighted by molar-refractivity contribution is 0.847. The maximum atomic E-state index is 10.5. The number of nitriles is 1. The van der Waals surface area contributed by atoms with Crippen LogP contribution in [0.3, 0.4) is 0 Å². The maximum Gasteiger partial charge on any atom is 0.343 e. The van der Waals surface area contributed by atoms with E-state index in [1.807, 2.05) is 0 Å². The average Bonchev–Trinajstić information content (AvgIpc) is 2.15. The minimum atomic E-state index is -0.369. The van der Waals surface area contributed by atoms with Crippen LogP contribution in [0, 0.1) is 11.3 Å². The Morgan fingerprint density at radius 3 is 2.78 bits per heavy atom. The predicted molar refractivity (Wildman–Crippen MR) is 28.5 cm³/mol. The lowest BCUT2D eigenvalue weighted by atomic mass is 10.7. The predicted octanol–water partition coefficient (Wildman–Crippen LogP) is -1.02. The van der Waals surface area contributed by atoms with E-state index in [0.29, 0.717) is 0 Å². The van der Waals surface area contributed by atoms with Gasteiger partial charge < -0.3 is 0 Å². The lowest BCUT2D eigenvalue weighted by Gasteiger charge is -1.81. The van der Waals surface area contributed by atoms with Crippen molar-refractivity contribution in [3.63, 3.8) is 0 Å². The van der Waals surface area contributed by atoms with Gasteiger partial charge in [0.15, 0.2) is 0 Å². The SMILES string of the molecule is Cn1c(C#N)n[nH]c1=O. The zero-order valence-electron chi connectivity index (χ0n) is 4.75. The van der Waals surface area contributed by atoms with E-state index in [9.17, 15) is 4.79 Å². The molecule has 1 aromatic rings. The third kappa shape index (κ3) is 0.700. The van der Waals surface area contributed by atoms with Crippen LogP contribution < -0.4 is 5.69 Å². The third-order valence-electron chi connectivity index (χ3n) is 0.980. The first-order valence-electron chi connectivity index (χ1n) is 2.27. The van der Waals surface area contributed by atoms with E-state index in [1.165, 1.54) is 7.05 Å². The molecule has 0 unspecified atom stereocenters. The average molecular weight is 124 g/mol. The molecule has 9 heavy (non-hydrogen) atoms. The van der Waals surface area contributed by atoms with Gasteiger partial charge in [-0.25, -0.2) is 9.89 Å². The highest BCUT2D eigenvalue weighted by molar-refractivity contribution is 5.07. The van der Waals surface area contributed by atoms with Crippen molar-refractivity contribution in [3.8, 4) is 6.07 Å². The number of hydrogen-bond acceptors (Lipinski definition) is 3. The molecule has 0 aliphatic rings. The number of aromatic nitrogens is 3. The molecule has 1 rings (SSSR count). The van der Waals surface area contributed by atoms with Crippen LogP contribution in [0.1, 0.15) is 5.82 Å². The van der Waals surface area contributed by atoms with Crippen LogP contribution in [0.4, 0.5) is 0 Å². The summed E-state index contributed by atoms with van der Waals surface area (Å²) in [4.78, 5) is 10.5. The lowest BCUT2D eigenvalue weighted by Crippen LogP contribution is -2.13. The third-order valence-corrected chi connectivity index (χ3v) is 0.980. The van der Waals surface area contributed by atoms with Crippen molar-refractivity contribution in [2.24, 2.45) is 7.05 Å². The van der Waals surface area contributed by atoms with Crippen LogP contribution in [0.15, 0.2) is 4.79 Å². The molecule has 1 N–H and O–H groups in total. The molecule has 0 saturated carbocycles. The van der Waals surface area contributed by atoms with Gasteiger partial charge in [0.05, 0.1) is 0 Å². The zero-order chi connectivity index (χ0) is 6.85. The van der Waals surface area contributed by atoms with Gasteiger partial charge in [-0.2, -0.15) is 5.26 Å². The molecule has 0 bridgehead atoms. The van der Waals surface area contributed by atoms with Gasteiger partial charge in [-0.05, 0) is 0 Å². The van der Waals surface area contributed by atoms with Gasteiger partial charge in [0.25, 0.3) is 0 Å². The second-order valence-electron chi connectivity index (χ2n) is 1.52. The molecule has 46 valence electrons. The van der Waals surface area contributed by atoms with Crippen LogP contribution in [0.5, 0.6) is 0 Å². The number of rotatable bonds is 0. The molecule has 0 spiro atoms. The number of hydrogen-bond donors (Lipinski definition) is 1. The first-order chi connectivity index (χ1) is 4.25. The highest BCUT2D eigenvalue weighted by Gasteiger charge is 1.98. The summed E-state index contributed by atoms with van der Waals surface area (Å²) < 4.78 is 1.14. The van der Waals surface area contributed by atoms with E-state index in [4.69, 9.17) is 5.26 Å². The van der Waals surface area contributed by atoms with Crippen molar-refractivity contribution in [2.75, 3.05) is 0 Å². The van der Waals surface area contributed by atoms with Gasteiger partial charge in [-0.3, -0.25) is 4.57 Å². The molecule has 0 saturated heterocycles. The molecule has 0 radical (unpaired) electrons. The van der Waals surface area contributed by atoms with Crippen LogP contribution >= 0.6 is 0 Å². The molecule has 1 heterocycles. The van der Waals surface area contributed by atoms with E-state index >= 15 is 0 Å². The Kier molecular flexibility index (Phi) is 1.08. The van der Waals surface area contributed by atoms with Crippen molar-refractivity contribution in [1.82, 2.24) is 14.8 Å². The molecular weight excluding hydrogens is 120 g/mol. The smallest absolute Gasteiger partial charge is 0.270 e. The molecule has 0 aliphatic heterocycles. The Morgan fingerprint density at radius 2 is 2.56 bits per heavy atom. The zero-order valence-corrected chi connectivity index (χ0v) is 4.75. The molecule has 0 fully saturated rings. The topological polar surface area (TPSA) is 74.5 Å². The van der Waals surface area contributed by atoms with E-state index in [1.54, 1.807) is 6.07 Å². The maximum absolute atomic E-state index is 10.5. The summed E-state index contributed by atoms with van der Waals surface area (Å²) in [6, 6.07) is 1.74. The quantitative estimate of drug-likeness (QED) is 0.481. The first kappa shape index (κ1) is 5.56. The van der Waals surface area contributed by atoms with Crippen molar-refractivity contribution in [2.45, 2.75) is 0 Å². The summed E-state index contributed by atoms with van der Waals surface area (Å²) in [6.07, 6.45) is 0. The van der Waals surface area contributed by atoms with E-state index in [-0.39, 0.29) is 11.5 Å². The minimum Gasteiger partial charge on any atom is -0.270 e. The highest BCUT2D eigenvalue weighted by atomic mass is 16.1. The van der Waals surface area contributed by atoms with Gasteiger partial charge in [0.2, 0.25) is 5.82 Å². The molecule has 5 nitrogen and oxygen atoms in total. The Hall–Kier alpha value is -1.57. The van der Waals surface area contributed by atoms with Gasteiger partial charge >= 0.3 is 5.69 Å². The summed E-state index contributed by atoms with van der Waals surface area (Å²) in [7, 11) is 1.48. The molecular formula is C4H4N4O. The minimum absolute atomic E-state index is 0.0972. The molecule has 0 aromatic carbocycles. The molecule has 0 atom stereocenters. The van der Waals surface area contributed by atoms with E-state index < -0.39 is 0 Å². The second kappa shape index (κ2) is 1.74. The Labute approximate surface area is 50.5 Å². The molecule has 1 aromatic heterocycles. The van der Waals surface area contributed by atoms with Gasteiger partial charge in [-0.15, -0.1) is 5.10 Å². The Balaban J connectivity index is 3.41. The summed E-state index contributed by atoms with van der Waals surface area (Å²) in [5.74, 6) is 0.0972. The second-order valence-corrected chi connectivity index (χ2v) is 1.52. The summed E-state index contributed by atoms with van der Waals surface area (Å²) >= 11 is 0. The summed E-state index contributed by atoms with van der Waals surface area (Å²) in [6.45, 7) is 0. The van der Waals surface area contributed by atoms with Crippen molar-refractivity contribution in [1.29, 1.82) is 5.26 Å². The number of H-pyrrole nitrogens is 1. The number of nitrogens with one attached hydrogen (secondary N) is 1. The van der Waals surface area contributed by atoms with Crippen LogP contribution in [0.2, 0.25) is 0 Å². The monoisotopic (exact) mass is 124 g/mol. The molecule has 0 amide bonds. The first-order valence-corrected chi connectivity index (χ1v) is 2.27. The largest absolute Gasteiger partial charge is 0.343 e. The normalized spacial score (nSPS) is 8.89. The number of nitrogens with zero attached hydrogens (tertiary/aromatic N) is 3. The van der Waals surface area contributed by atoms with Crippen molar-refractivity contribution >= 4 is 0 Å². The number of aromatic amines is 1. The van der Waals surface area contributed by atoms with E-state index in [2.05, 4.69) is 10.2 Å². The van der Waals surface area contributed by atoms with Crippen LogP contribution in [-0.2, 0) is 7.05 Å². The Bertz CT molecular complexity index is 301. The van der Waals surface area contributed by atoms with Crippen molar-refractivity contribution < 1.29 is 0 Å². The highest BCUT2D eigenvalue weighted by Crippen LogP contribution is 1.78. The van der Waals surface area contributed by atoms with Gasteiger partial charge in [-0.1, -0.05) is 0 Å². The van der Waals surface area contributed by atoms with Crippen LogP contribution in [0.25, 0.3) is 0 Å². The summed E-state index contributed by atoms with van der Waals surface area (Å²) in [5, 5.41) is 13.8. The van der Waals surface area contributed by atoms with Crippen LogP contribution in [-0.4, -0.2) is 14.8 Å².